The van der Waals surface area contributed by atoms with Crippen molar-refractivity contribution in [1.29, 1.82) is 0 Å². The molecule has 1 aliphatic rings. The third kappa shape index (κ3) is 5.69. The highest BCUT2D eigenvalue weighted by Gasteiger charge is 2.25. The molecule has 1 nitrogen and oxygen atoms in total. The van der Waals surface area contributed by atoms with Crippen LogP contribution in [0.25, 0.3) is 0 Å². The van der Waals surface area contributed by atoms with E-state index in [0.717, 1.165) is 11.4 Å². The average Bonchev–Trinajstić information content (AvgIpc) is 2.15. The van der Waals surface area contributed by atoms with Gasteiger partial charge < -0.3 is 0 Å². The van der Waals surface area contributed by atoms with Gasteiger partial charge in [0.05, 0.1) is 0 Å². The van der Waals surface area contributed by atoms with Crippen molar-refractivity contribution in [3.63, 3.8) is 0 Å². The molecule has 0 saturated carbocycles. The number of allylic oxidation sites excluding steroid dienone is 2. The second-order valence-corrected chi connectivity index (χ2v) is 5.71. The molecule has 1 aromatic carbocycles. The van der Waals surface area contributed by atoms with Crippen molar-refractivity contribution in [3.05, 3.63) is 47.0 Å². The van der Waals surface area contributed by atoms with Crippen LogP contribution in [-0.4, -0.2) is 5.78 Å². The molecule has 0 atom stereocenters. The highest BCUT2D eigenvalue weighted by molar-refractivity contribution is 6.30. The second-order valence-electron chi connectivity index (χ2n) is 5.27. The van der Waals surface area contributed by atoms with Gasteiger partial charge >= 0.3 is 0 Å². The smallest absolute Gasteiger partial charge is 0.156 e. The molecule has 0 aromatic heterocycles. The fraction of sp³-hybridized carbons (Fsp3) is 0.400. The average molecular weight is 251 g/mol. The predicted molar refractivity (Wildman–Crippen MR) is 73.2 cm³/mol. The van der Waals surface area contributed by atoms with Gasteiger partial charge in [-0.25, -0.2) is 0 Å². The van der Waals surface area contributed by atoms with Crippen LogP contribution in [0.15, 0.2) is 42.0 Å². The maximum atomic E-state index is 11.0. The molecule has 0 unspecified atom stereocenters. The highest BCUT2D eigenvalue weighted by Crippen LogP contribution is 2.32. The number of carbonyl (C=O) groups is 1. The summed E-state index contributed by atoms with van der Waals surface area (Å²) in [5.41, 5.74) is 1.43. The number of halogens is 1. The molecule has 0 radical (unpaired) electrons. The van der Waals surface area contributed by atoms with Gasteiger partial charge in [-0.2, -0.15) is 0 Å². The topological polar surface area (TPSA) is 17.1 Å². The molecule has 0 N–H and O–H groups in total. The number of benzene rings is 1. The zero-order valence-corrected chi connectivity index (χ0v) is 11.4. The van der Waals surface area contributed by atoms with E-state index in [1.165, 1.54) is 5.57 Å². The molecule has 0 heterocycles. The van der Waals surface area contributed by atoms with Crippen molar-refractivity contribution < 1.29 is 4.79 Å². The Morgan fingerprint density at radius 1 is 1.12 bits per heavy atom. The summed E-state index contributed by atoms with van der Waals surface area (Å²) in [6.07, 6.45) is 3.55. The van der Waals surface area contributed by atoms with Gasteiger partial charge in [-0.3, -0.25) is 4.79 Å². The summed E-state index contributed by atoms with van der Waals surface area (Å²) >= 11 is 5.54. The van der Waals surface area contributed by atoms with Crippen molar-refractivity contribution in [2.45, 2.75) is 33.6 Å². The van der Waals surface area contributed by atoms with Crippen molar-refractivity contribution >= 4 is 17.4 Å². The van der Waals surface area contributed by atoms with E-state index < -0.39 is 0 Å². The van der Waals surface area contributed by atoms with Crippen LogP contribution in [-0.2, 0) is 4.79 Å². The van der Waals surface area contributed by atoms with Crippen LogP contribution >= 0.6 is 11.6 Å². The van der Waals surface area contributed by atoms with E-state index in [2.05, 4.69) is 13.8 Å². The minimum atomic E-state index is 0.204. The molecule has 1 aliphatic carbocycles. The maximum Gasteiger partial charge on any atom is 0.156 e. The summed E-state index contributed by atoms with van der Waals surface area (Å²) in [7, 11) is 0. The normalized spacial score (nSPS) is 17.9. The Kier molecular flexibility index (Phi) is 4.95. The lowest BCUT2D eigenvalue weighted by molar-refractivity contribution is -0.117. The number of carbonyl (C=O) groups excluding carboxylic acids is 1. The van der Waals surface area contributed by atoms with Crippen LogP contribution in [0.3, 0.4) is 0 Å². The lowest BCUT2D eigenvalue weighted by atomic mass is 9.77. The molecule has 0 aliphatic heterocycles. The van der Waals surface area contributed by atoms with Crippen LogP contribution in [0, 0.1) is 5.41 Å². The summed E-state index contributed by atoms with van der Waals surface area (Å²) in [6.45, 7) is 6.31. The van der Waals surface area contributed by atoms with Gasteiger partial charge in [0, 0.05) is 11.4 Å². The zero-order valence-electron chi connectivity index (χ0n) is 10.7. The SMILES string of the molecule is CC1=CC(=O)CC(C)(C)C1.Clc1ccccc1. The number of hydrogen-bond donors (Lipinski definition) is 0. The molecule has 0 fully saturated rings. The quantitative estimate of drug-likeness (QED) is 0.654. The fourth-order valence-electron chi connectivity index (χ4n) is 2.08. The summed E-state index contributed by atoms with van der Waals surface area (Å²) in [5, 5.41) is 0.794. The van der Waals surface area contributed by atoms with Crippen LogP contribution in [0.2, 0.25) is 5.02 Å². The largest absolute Gasteiger partial charge is 0.295 e. The molecule has 17 heavy (non-hydrogen) atoms. The first-order valence-electron chi connectivity index (χ1n) is 5.80. The molecule has 92 valence electrons. The molecule has 0 spiro atoms. The molecule has 0 amide bonds. The van der Waals surface area contributed by atoms with E-state index in [9.17, 15) is 4.79 Å². The van der Waals surface area contributed by atoms with Gasteiger partial charge in [-0.05, 0) is 37.0 Å². The van der Waals surface area contributed by atoms with Crippen molar-refractivity contribution in [3.8, 4) is 0 Å². The minimum Gasteiger partial charge on any atom is -0.295 e. The Bertz CT molecular complexity index is 404. The van der Waals surface area contributed by atoms with Crippen molar-refractivity contribution in [1.82, 2.24) is 0 Å². The van der Waals surface area contributed by atoms with E-state index in [-0.39, 0.29) is 11.2 Å². The molecule has 2 rings (SSSR count). The van der Waals surface area contributed by atoms with Crippen LogP contribution in [0.1, 0.15) is 33.6 Å². The third-order valence-corrected chi connectivity index (χ3v) is 2.80. The van der Waals surface area contributed by atoms with Gasteiger partial charge in [-0.1, -0.05) is 49.2 Å². The summed E-state index contributed by atoms with van der Waals surface area (Å²) in [5.74, 6) is 0.286. The van der Waals surface area contributed by atoms with E-state index >= 15 is 0 Å². The second kappa shape index (κ2) is 6.02. The van der Waals surface area contributed by atoms with Crippen LogP contribution in [0.4, 0.5) is 0 Å². The number of hydrogen-bond acceptors (Lipinski definition) is 1. The standard InChI is InChI=1S/C9H14O.C6H5Cl/c1-7-4-8(10)6-9(2,3)5-7;7-6-4-2-1-3-5-6/h4H,5-6H2,1-3H3;1-5H. The van der Waals surface area contributed by atoms with Gasteiger partial charge in [0.15, 0.2) is 5.78 Å². The van der Waals surface area contributed by atoms with E-state index in [0.29, 0.717) is 6.42 Å². The van der Waals surface area contributed by atoms with Gasteiger partial charge in [0.1, 0.15) is 0 Å². The number of ketones is 1. The molecular weight excluding hydrogens is 232 g/mol. The van der Waals surface area contributed by atoms with E-state index in [1.54, 1.807) is 6.08 Å². The fourth-order valence-corrected chi connectivity index (χ4v) is 2.23. The van der Waals surface area contributed by atoms with Gasteiger partial charge in [0.2, 0.25) is 0 Å². The van der Waals surface area contributed by atoms with E-state index in [1.807, 2.05) is 37.3 Å². The summed E-state index contributed by atoms with van der Waals surface area (Å²) in [6, 6.07) is 9.44. The molecular formula is C15H19ClO. The van der Waals surface area contributed by atoms with Gasteiger partial charge in [0.25, 0.3) is 0 Å². The predicted octanol–water partition coefficient (Wildman–Crippen LogP) is 4.66. The molecule has 2 heteroatoms. The molecule has 0 saturated heterocycles. The van der Waals surface area contributed by atoms with Crippen molar-refractivity contribution in [2.75, 3.05) is 0 Å². The summed E-state index contributed by atoms with van der Waals surface area (Å²) in [4.78, 5) is 11.0. The minimum absolute atomic E-state index is 0.204. The monoisotopic (exact) mass is 250 g/mol. The van der Waals surface area contributed by atoms with Crippen molar-refractivity contribution in [2.24, 2.45) is 5.41 Å². The Hall–Kier alpha value is -1.08. The molecule has 0 bridgehead atoms. The Balaban J connectivity index is 0.000000181. The Morgan fingerprint density at radius 2 is 1.71 bits per heavy atom. The lowest BCUT2D eigenvalue weighted by Crippen LogP contribution is -2.20. The van der Waals surface area contributed by atoms with E-state index in [4.69, 9.17) is 11.6 Å². The first kappa shape index (κ1) is 14.0. The Labute approximate surface area is 108 Å². The molecule has 1 aromatic rings. The number of rotatable bonds is 0. The first-order chi connectivity index (χ1) is 7.89. The lowest BCUT2D eigenvalue weighted by Gasteiger charge is -2.27. The van der Waals surface area contributed by atoms with Crippen LogP contribution < -0.4 is 0 Å². The van der Waals surface area contributed by atoms with Gasteiger partial charge in [-0.15, -0.1) is 0 Å². The third-order valence-electron chi connectivity index (χ3n) is 2.55. The highest BCUT2D eigenvalue weighted by atomic mass is 35.5. The van der Waals surface area contributed by atoms with Crippen LogP contribution in [0.5, 0.6) is 0 Å². The Morgan fingerprint density at radius 3 is 2.06 bits per heavy atom. The summed E-state index contributed by atoms with van der Waals surface area (Å²) < 4.78 is 0. The zero-order chi connectivity index (χ0) is 12.9. The first-order valence-corrected chi connectivity index (χ1v) is 6.17. The maximum absolute atomic E-state index is 11.0.